The van der Waals surface area contributed by atoms with Gasteiger partial charge in [0.1, 0.15) is 0 Å². The van der Waals surface area contributed by atoms with Crippen molar-refractivity contribution >= 4 is 11.8 Å². The molecule has 1 aromatic rings. The molecule has 0 saturated heterocycles. The molecule has 1 aromatic carbocycles. The molecule has 1 unspecified atom stereocenters. The molecule has 0 nitrogen and oxygen atoms in total. The minimum absolute atomic E-state index is 0.745. The van der Waals surface area contributed by atoms with E-state index >= 15 is 0 Å². The Bertz CT molecular complexity index is 186. The van der Waals surface area contributed by atoms with Crippen molar-refractivity contribution in [1.82, 2.24) is 0 Å². The van der Waals surface area contributed by atoms with E-state index in [9.17, 15) is 4.39 Å². The summed E-state index contributed by atoms with van der Waals surface area (Å²) < 4.78 is 12.8. The van der Waals surface area contributed by atoms with Gasteiger partial charge in [0.15, 0.2) is 5.50 Å². The Labute approximate surface area is 64.4 Å². The van der Waals surface area contributed by atoms with Crippen LogP contribution in [-0.4, -0.2) is 6.26 Å². The number of thioether (sulfide) groups is 1. The Morgan fingerprint density at radius 3 is 2.40 bits per heavy atom. The summed E-state index contributed by atoms with van der Waals surface area (Å²) in [5, 5.41) is 0. The van der Waals surface area contributed by atoms with E-state index in [0.717, 1.165) is 5.56 Å². The Kier molecular flexibility index (Phi) is 2.75. The summed E-state index contributed by atoms with van der Waals surface area (Å²) >= 11 is 1.21. The van der Waals surface area contributed by atoms with E-state index in [2.05, 4.69) is 0 Å². The van der Waals surface area contributed by atoms with E-state index in [1.807, 2.05) is 18.2 Å². The smallest absolute Gasteiger partial charge is 0.171 e. The van der Waals surface area contributed by atoms with Gasteiger partial charge in [-0.05, 0) is 11.8 Å². The Hall–Kier alpha value is -0.500. The number of benzene rings is 1. The highest BCUT2D eigenvalue weighted by molar-refractivity contribution is 7.98. The quantitative estimate of drug-likeness (QED) is 0.634. The monoisotopic (exact) mass is 156 g/mol. The summed E-state index contributed by atoms with van der Waals surface area (Å²) in [5.41, 5.74) is -0.129. The van der Waals surface area contributed by atoms with Gasteiger partial charge in [0.05, 0.1) is 0 Å². The third-order valence-electron chi connectivity index (χ3n) is 1.27. The fraction of sp³-hybridized carbons (Fsp3) is 0.250. The summed E-state index contributed by atoms with van der Waals surface area (Å²) in [4.78, 5) is 0. The molecule has 1 rings (SSSR count). The third kappa shape index (κ3) is 1.74. The number of halogens is 1. The Morgan fingerprint density at radius 2 is 1.90 bits per heavy atom. The molecule has 2 heteroatoms. The fourth-order valence-electron chi connectivity index (χ4n) is 0.740. The van der Waals surface area contributed by atoms with E-state index < -0.39 is 5.50 Å². The van der Waals surface area contributed by atoms with Crippen molar-refractivity contribution in [2.45, 2.75) is 5.50 Å². The number of alkyl halides is 1. The van der Waals surface area contributed by atoms with Crippen LogP contribution >= 0.6 is 11.8 Å². The van der Waals surface area contributed by atoms with Crippen molar-refractivity contribution in [3.63, 3.8) is 0 Å². The second-order valence-electron chi connectivity index (χ2n) is 1.96. The molecule has 0 aliphatic rings. The van der Waals surface area contributed by atoms with E-state index in [1.54, 1.807) is 18.4 Å². The highest BCUT2D eigenvalue weighted by atomic mass is 32.2. The minimum atomic E-state index is -0.874. The molecule has 0 radical (unpaired) electrons. The molecule has 0 fully saturated rings. The average molecular weight is 156 g/mol. The summed E-state index contributed by atoms with van der Waals surface area (Å²) in [7, 11) is 0. The molecule has 0 amide bonds. The first-order chi connectivity index (χ1) is 4.84. The lowest BCUT2D eigenvalue weighted by atomic mass is 10.2. The SMILES string of the molecule is CSC(F)c1ccccc1. The predicted molar refractivity (Wildman–Crippen MR) is 43.8 cm³/mol. The summed E-state index contributed by atoms with van der Waals surface area (Å²) in [6, 6.07) is 9.16. The van der Waals surface area contributed by atoms with Crippen LogP contribution in [0, 0.1) is 0 Å². The van der Waals surface area contributed by atoms with Crippen LogP contribution in [0.15, 0.2) is 30.3 Å². The second-order valence-corrected chi connectivity index (χ2v) is 2.85. The Morgan fingerprint density at radius 1 is 1.30 bits per heavy atom. The highest BCUT2D eigenvalue weighted by Gasteiger charge is 2.04. The van der Waals surface area contributed by atoms with E-state index in [4.69, 9.17) is 0 Å². The van der Waals surface area contributed by atoms with E-state index in [1.165, 1.54) is 11.8 Å². The fourth-order valence-corrected chi connectivity index (χ4v) is 1.17. The van der Waals surface area contributed by atoms with Gasteiger partial charge in [0, 0.05) is 0 Å². The lowest BCUT2D eigenvalue weighted by Crippen LogP contribution is -1.82. The molecule has 0 heterocycles. The molecule has 54 valence electrons. The molecule has 0 bridgehead atoms. The molecular weight excluding hydrogens is 147 g/mol. The van der Waals surface area contributed by atoms with Crippen LogP contribution in [0.25, 0.3) is 0 Å². The standard InChI is InChI=1S/C8H9FS/c1-10-8(9)7-5-3-2-4-6-7/h2-6,8H,1H3. The molecule has 0 aromatic heterocycles. The third-order valence-corrected chi connectivity index (χ3v) is 1.95. The highest BCUT2D eigenvalue weighted by Crippen LogP contribution is 2.26. The first-order valence-electron chi connectivity index (χ1n) is 3.06. The maximum absolute atomic E-state index is 12.8. The number of rotatable bonds is 2. The maximum Gasteiger partial charge on any atom is 0.171 e. The first kappa shape index (κ1) is 7.61. The van der Waals surface area contributed by atoms with Gasteiger partial charge >= 0.3 is 0 Å². The molecule has 1 atom stereocenters. The van der Waals surface area contributed by atoms with Gasteiger partial charge in [0.2, 0.25) is 0 Å². The molecule has 0 N–H and O–H groups in total. The summed E-state index contributed by atoms with van der Waals surface area (Å²) in [6.45, 7) is 0. The normalized spacial score (nSPS) is 13.0. The van der Waals surface area contributed by atoms with Crippen molar-refractivity contribution in [1.29, 1.82) is 0 Å². The second kappa shape index (κ2) is 3.62. The molecule has 0 aliphatic carbocycles. The minimum Gasteiger partial charge on any atom is -0.230 e. The van der Waals surface area contributed by atoms with Crippen molar-refractivity contribution in [2.75, 3.05) is 6.26 Å². The lowest BCUT2D eigenvalue weighted by Gasteiger charge is -2.02. The van der Waals surface area contributed by atoms with Crippen molar-refractivity contribution in [3.05, 3.63) is 35.9 Å². The van der Waals surface area contributed by atoms with Crippen molar-refractivity contribution < 1.29 is 4.39 Å². The van der Waals surface area contributed by atoms with E-state index in [0.29, 0.717) is 0 Å². The van der Waals surface area contributed by atoms with Gasteiger partial charge in [-0.15, -0.1) is 11.8 Å². The molecule has 0 aliphatic heterocycles. The molecular formula is C8H9FS. The van der Waals surface area contributed by atoms with Crippen molar-refractivity contribution in [2.24, 2.45) is 0 Å². The molecule has 0 spiro atoms. The average Bonchev–Trinajstić information content (AvgIpc) is 2.05. The topological polar surface area (TPSA) is 0 Å². The maximum atomic E-state index is 12.8. The van der Waals surface area contributed by atoms with Crippen LogP contribution in [0.1, 0.15) is 11.1 Å². The molecule has 0 saturated carbocycles. The van der Waals surface area contributed by atoms with Gasteiger partial charge in [-0.1, -0.05) is 30.3 Å². The zero-order chi connectivity index (χ0) is 7.40. The van der Waals surface area contributed by atoms with Gasteiger partial charge in [0.25, 0.3) is 0 Å². The van der Waals surface area contributed by atoms with Crippen LogP contribution in [0.3, 0.4) is 0 Å². The first-order valence-corrected chi connectivity index (χ1v) is 4.35. The van der Waals surface area contributed by atoms with Crippen LogP contribution in [-0.2, 0) is 0 Å². The lowest BCUT2D eigenvalue weighted by molar-refractivity contribution is 0.470. The predicted octanol–water partition coefficient (Wildman–Crippen LogP) is 3.02. The summed E-state index contributed by atoms with van der Waals surface area (Å²) in [6.07, 6.45) is 1.76. The van der Waals surface area contributed by atoms with Crippen molar-refractivity contribution in [3.8, 4) is 0 Å². The largest absolute Gasteiger partial charge is 0.230 e. The van der Waals surface area contributed by atoms with Gasteiger partial charge in [-0.25, -0.2) is 4.39 Å². The molecule has 10 heavy (non-hydrogen) atoms. The number of hydrogen-bond acceptors (Lipinski definition) is 1. The van der Waals surface area contributed by atoms with Crippen LogP contribution < -0.4 is 0 Å². The zero-order valence-corrected chi connectivity index (χ0v) is 6.57. The van der Waals surface area contributed by atoms with Crippen LogP contribution in [0.5, 0.6) is 0 Å². The Balaban J connectivity index is 2.75. The van der Waals surface area contributed by atoms with Crippen LogP contribution in [0.2, 0.25) is 0 Å². The number of hydrogen-bond donors (Lipinski definition) is 0. The zero-order valence-electron chi connectivity index (χ0n) is 5.75. The van der Waals surface area contributed by atoms with Gasteiger partial charge in [-0.2, -0.15) is 0 Å². The van der Waals surface area contributed by atoms with Gasteiger partial charge in [-0.3, -0.25) is 0 Å². The van der Waals surface area contributed by atoms with E-state index in [-0.39, 0.29) is 0 Å². The van der Waals surface area contributed by atoms with Crippen LogP contribution in [0.4, 0.5) is 4.39 Å². The van der Waals surface area contributed by atoms with Gasteiger partial charge < -0.3 is 0 Å². The summed E-state index contributed by atoms with van der Waals surface area (Å²) in [5.74, 6) is 0.